The summed E-state index contributed by atoms with van der Waals surface area (Å²) in [5.41, 5.74) is 0. The Labute approximate surface area is 97.3 Å². The Bertz CT molecular complexity index is 232. The molecule has 0 saturated heterocycles. The fourth-order valence-electron chi connectivity index (χ4n) is 2.58. The Kier molecular flexibility index (Phi) is 3.95. The second kappa shape index (κ2) is 5.24. The molecule has 0 aromatic carbocycles. The van der Waals surface area contributed by atoms with Crippen LogP contribution in [0.5, 0.6) is 0 Å². The fraction of sp³-hybridized carbons (Fsp3) is 0.917. The third-order valence-corrected chi connectivity index (χ3v) is 5.11. The van der Waals surface area contributed by atoms with E-state index in [0.717, 1.165) is 13.1 Å². The van der Waals surface area contributed by atoms with Gasteiger partial charge in [-0.05, 0) is 31.9 Å². The van der Waals surface area contributed by atoms with Crippen LogP contribution in [0.3, 0.4) is 0 Å². The van der Waals surface area contributed by atoms with E-state index in [1.807, 2.05) is 0 Å². The highest BCUT2D eigenvalue weighted by atomic mass is 32.2. The number of hydrogen-bond donors (Lipinski definition) is 1. The van der Waals surface area contributed by atoms with Crippen molar-refractivity contribution in [3.05, 3.63) is 0 Å². The van der Waals surface area contributed by atoms with Crippen molar-refractivity contribution in [3.63, 3.8) is 0 Å². The molecule has 15 heavy (non-hydrogen) atoms. The minimum absolute atomic E-state index is 0.514. The van der Waals surface area contributed by atoms with E-state index in [4.69, 9.17) is 0 Å². The van der Waals surface area contributed by atoms with E-state index in [-0.39, 0.29) is 0 Å². The van der Waals surface area contributed by atoms with Crippen LogP contribution < -0.4 is 5.32 Å². The van der Waals surface area contributed by atoms with Crippen LogP contribution in [0.15, 0.2) is 4.99 Å². The minimum Gasteiger partial charge on any atom is -0.372 e. The molecular formula is C12H22N2S. The molecule has 1 aliphatic heterocycles. The van der Waals surface area contributed by atoms with Gasteiger partial charge >= 0.3 is 0 Å². The van der Waals surface area contributed by atoms with E-state index in [1.165, 1.54) is 50.8 Å². The Morgan fingerprint density at radius 3 is 2.67 bits per heavy atom. The molecule has 0 aromatic rings. The van der Waals surface area contributed by atoms with Gasteiger partial charge in [0, 0.05) is 24.3 Å². The van der Waals surface area contributed by atoms with E-state index in [2.05, 4.69) is 28.3 Å². The van der Waals surface area contributed by atoms with Crippen LogP contribution in [-0.4, -0.2) is 29.9 Å². The molecule has 0 unspecified atom stereocenters. The molecule has 0 bridgehead atoms. The van der Waals surface area contributed by atoms with Crippen molar-refractivity contribution in [2.75, 3.05) is 19.3 Å². The maximum absolute atomic E-state index is 4.55. The average Bonchev–Trinajstić information content (AvgIpc) is 2.77. The predicted octanol–water partition coefficient (Wildman–Crippen LogP) is 2.83. The molecule has 0 spiro atoms. The lowest BCUT2D eigenvalue weighted by atomic mass is 10.1. The first kappa shape index (κ1) is 11.3. The zero-order valence-corrected chi connectivity index (χ0v) is 10.5. The molecule has 1 N–H and O–H groups in total. The highest BCUT2D eigenvalue weighted by Crippen LogP contribution is 2.39. The molecule has 0 aromatic heterocycles. The maximum atomic E-state index is 4.55. The number of rotatable bonds is 3. The fourth-order valence-corrected chi connectivity index (χ4v) is 3.49. The molecule has 2 aliphatic rings. The van der Waals surface area contributed by atoms with Crippen molar-refractivity contribution in [3.8, 4) is 0 Å². The Morgan fingerprint density at radius 1 is 1.27 bits per heavy atom. The first-order valence-electron chi connectivity index (χ1n) is 6.17. The maximum Gasteiger partial charge on any atom is 0.0963 e. The third-order valence-electron chi connectivity index (χ3n) is 3.69. The predicted molar refractivity (Wildman–Crippen MR) is 68.9 cm³/mol. The lowest BCUT2D eigenvalue weighted by Crippen LogP contribution is -2.39. The molecule has 3 heteroatoms. The number of nitrogens with zero attached hydrogens (tertiary/aromatic N) is 1. The van der Waals surface area contributed by atoms with Gasteiger partial charge in [-0.2, -0.15) is 11.8 Å². The summed E-state index contributed by atoms with van der Waals surface area (Å²) >= 11 is 2.05. The van der Waals surface area contributed by atoms with E-state index < -0.39 is 0 Å². The van der Waals surface area contributed by atoms with Gasteiger partial charge in [-0.1, -0.05) is 12.8 Å². The number of hydrogen-bond acceptors (Lipinski definition) is 3. The molecular weight excluding hydrogens is 204 g/mol. The normalized spacial score (nSPS) is 25.0. The van der Waals surface area contributed by atoms with Crippen LogP contribution in [0.25, 0.3) is 0 Å². The summed E-state index contributed by atoms with van der Waals surface area (Å²) in [6.07, 6.45) is 11.6. The number of nitrogens with one attached hydrogen (secondary N) is 1. The monoisotopic (exact) mass is 226 g/mol. The molecule has 1 saturated carbocycles. The Morgan fingerprint density at radius 2 is 2.07 bits per heavy atom. The van der Waals surface area contributed by atoms with Crippen LogP contribution in [-0.2, 0) is 0 Å². The van der Waals surface area contributed by atoms with E-state index in [9.17, 15) is 0 Å². The average molecular weight is 226 g/mol. The smallest absolute Gasteiger partial charge is 0.0963 e. The van der Waals surface area contributed by atoms with Crippen LogP contribution >= 0.6 is 11.8 Å². The van der Waals surface area contributed by atoms with Crippen LogP contribution in [0.4, 0.5) is 0 Å². The molecule has 1 aliphatic carbocycles. The van der Waals surface area contributed by atoms with Crippen molar-refractivity contribution in [2.45, 2.75) is 49.7 Å². The summed E-state index contributed by atoms with van der Waals surface area (Å²) in [7, 11) is 0. The lowest BCUT2D eigenvalue weighted by molar-refractivity contribution is 0.580. The van der Waals surface area contributed by atoms with Gasteiger partial charge in [-0.3, -0.25) is 4.99 Å². The van der Waals surface area contributed by atoms with Gasteiger partial charge in [0.15, 0.2) is 0 Å². The van der Waals surface area contributed by atoms with Gasteiger partial charge in [0.1, 0.15) is 0 Å². The van der Waals surface area contributed by atoms with Crippen LogP contribution in [0.2, 0.25) is 0 Å². The first-order valence-corrected chi connectivity index (χ1v) is 7.39. The Balaban J connectivity index is 1.82. The summed E-state index contributed by atoms with van der Waals surface area (Å²) in [6, 6.07) is 0. The summed E-state index contributed by atoms with van der Waals surface area (Å²) < 4.78 is 0.514. The standard InChI is InChI=1S/C12H22N2S/c1-15-12(7-3-4-8-12)10-14-11-6-2-5-9-13-11/h2-10H2,1H3,(H,13,14). The van der Waals surface area contributed by atoms with Gasteiger partial charge in [0.05, 0.1) is 5.84 Å². The molecule has 0 amide bonds. The minimum atomic E-state index is 0.514. The molecule has 1 fully saturated rings. The highest BCUT2D eigenvalue weighted by Gasteiger charge is 2.32. The Hall–Kier alpha value is -0.180. The summed E-state index contributed by atoms with van der Waals surface area (Å²) in [5.74, 6) is 1.27. The highest BCUT2D eigenvalue weighted by molar-refractivity contribution is 8.00. The molecule has 2 rings (SSSR count). The van der Waals surface area contributed by atoms with Crippen molar-refractivity contribution in [1.82, 2.24) is 5.32 Å². The van der Waals surface area contributed by atoms with Crippen molar-refractivity contribution in [1.29, 1.82) is 0 Å². The van der Waals surface area contributed by atoms with E-state index in [1.54, 1.807) is 0 Å². The first-order chi connectivity index (χ1) is 7.35. The summed E-state index contributed by atoms with van der Waals surface area (Å²) in [4.78, 5) is 4.55. The number of aliphatic imine (C=N–C) groups is 1. The molecule has 0 radical (unpaired) electrons. The largest absolute Gasteiger partial charge is 0.372 e. The van der Waals surface area contributed by atoms with Crippen molar-refractivity contribution < 1.29 is 0 Å². The van der Waals surface area contributed by atoms with Gasteiger partial charge in [-0.15, -0.1) is 0 Å². The van der Waals surface area contributed by atoms with Crippen molar-refractivity contribution in [2.24, 2.45) is 4.99 Å². The van der Waals surface area contributed by atoms with E-state index >= 15 is 0 Å². The molecule has 0 atom stereocenters. The van der Waals surface area contributed by atoms with Gasteiger partial charge < -0.3 is 5.32 Å². The van der Waals surface area contributed by atoms with Gasteiger partial charge in [-0.25, -0.2) is 0 Å². The molecule has 1 heterocycles. The lowest BCUT2D eigenvalue weighted by Gasteiger charge is -2.28. The van der Waals surface area contributed by atoms with Crippen LogP contribution in [0.1, 0.15) is 44.9 Å². The van der Waals surface area contributed by atoms with Gasteiger partial charge in [0.2, 0.25) is 0 Å². The SMILES string of the molecule is CSC1(CNC2=NCCCC2)CCCC1. The third kappa shape index (κ3) is 2.90. The zero-order valence-electron chi connectivity index (χ0n) is 9.72. The molecule has 86 valence electrons. The van der Waals surface area contributed by atoms with Gasteiger partial charge in [0.25, 0.3) is 0 Å². The second-order valence-electron chi connectivity index (χ2n) is 4.73. The topological polar surface area (TPSA) is 24.4 Å². The quantitative estimate of drug-likeness (QED) is 0.800. The zero-order chi connectivity index (χ0) is 10.6. The number of thioether (sulfide) groups is 1. The van der Waals surface area contributed by atoms with E-state index in [0.29, 0.717) is 4.75 Å². The summed E-state index contributed by atoms with van der Waals surface area (Å²) in [6.45, 7) is 2.17. The molecule has 2 nitrogen and oxygen atoms in total. The van der Waals surface area contributed by atoms with Crippen molar-refractivity contribution >= 4 is 17.6 Å². The number of amidine groups is 1. The van der Waals surface area contributed by atoms with Crippen LogP contribution in [0, 0.1) is 0 Å². The summed E-state index contributed by atoms with van der Waals surface area (Å²) in [5, 5.41) is 3.58. The second-order valence-corrected chi connectivity index (χ2v) is 6.01.